The van der Waals surface area contributed by atoms with Gasteiger partial charge < -0.3 is 0 Å². The van der Waals surface area contributed by atoms with Gasteiger partial charge in [-0.25, -0.2) is 8.78 Å². The van der Waals surface area contributed by atoms with Crippen molar-refractivity contribution >= 4 is 0 Å². The van der Waals surface area contributed by atoms with Crippen LogP contribution in [0.4, 0.5) is 8.78 Å². The van der Waals surface area contributed by atoms with E-state index in [4.69, 9.17) is 5.26 Å². The third-order valence-corrected chi connectivity index (χ3v) is 2.72. The Morgan fingerprint density at radius 3 is 2.72 bits per heavy atom. The summed E-state index contributed by atoms with van der Waals surface area (Å²) in [6, 6.07) is 7.06. The Bertz CT molecular complexity index is 624. The van der Waals surface area contributed by atoms with Gasteiger partial charge in [0.2, 0.25) is 0 Å². The van der Waals surface area contributed by atoms with Crippen molar-refractivity contribution in [3.8, 4) is 17.3 Å². The van der Waals surface area contributed by atoms with E-state index in [9.17, 15) is 8.78 Å². The van der Waals surface area contributed by atoms with Crippen molar-refractivity contribution in [2.75, 3.05) is 0 Å². The monoisotopic (exact) mass is 247 g/mol. The van der Waals surface area contributed by atoms with Gasteiger partial charge in [0.1, 0.15) is 5.69 Å². The molecule has 0 unspecified atom stereocenters. The highest BCUT2D eigenvalue weighted by Crippen LogP contribution is 2.30. The zero-order valence-corrected chi connectivity index (χ0v) is 9.98. The minimum Gasteiger partial charge on any atom is -0.275 e. The third kappa shape index (κ3) is 2.09. The largest absolute Gasteiger partial charge is 0.275 e. The van der Waals surface area contributed by atoms with E-state index < -0.39 is 6.43 Å². The Morgan fingerprint density at radius 1 is 1.39 bits per heavy atom. The Labute approximate surface area is 103 Å². The average molecular weight is 247 g/mol. The summed E-state index contributed by atoms with van der Waals surface area (Å²) >= 11 is 0. The minimum atomic E-state index is -2.58. The van der Waals surface area contributed by atoms with Crippen molar-refractivity contribution in [3.05, 3.63) is 41.1 Å². The molecule has 0 aliphatic heterocycles. The molecule has 18 heavy (non-hydrogen) atoms. The van der Waals surface area contributed by atoms with Crippen molar-refractivity contribution in [2.24, 2.45) is 7.05 Å². The summed E-state index contributed by atoms with van der Waals surface area (Å²) in [6.45, 7) is 1.80. The van der Waals surface area contributed by atoms with Crippen molar-refractivity contribution < 1.29 is 8.78 Å². The highest BCUT2D eigenvalue weighted by molar-refractivity contribution is 5.65. The SMILES string of the molecule is Cc1ccc(-c2nn(C)cc2C(F)F)cc1C#N. The number of aryl methyl sites for hydroxylation is 2. The first-order chi connectivity index (χ1) is 8.52. The lowest BCUT2D eigenvalue weighted by atomic mass is 10.0. The lowest BCUT2D eigenvalue weighted by Crippen LogP contribution is -1.90. The Morgan fingerprint density at radius 2 is 2.11 bits per heavy atom. The smallest absolute Gasteiger partial charge is 0.267 e. The van der Waals surface area contributed by atoms with Crippen LogP contribution >= 0.6 is 0 Å². The van der Waals surface area contributed by atoms with Gasteiger partial charge in [0.15, 0.2) is 0 Å². The molecule has 1 aromatic heterocycles. The number of hydrogen-bond acceptors (Lipinski definition) is 2. The van der Waals surface area contributed by atoms with Crippen molar-refractivity contribution in [2.45, 2.75) is 13.3 Å². The maximum atomic E-state index is 12.9. The van der Waals surface area contributed by atoms with Gasteiger partial charge >= 0.3 is 0 Å². The zero-order chi connectivity index (χ0) is 13.3. The predicted molar refractivity (Wildman–Crippen MR) is 63.1 cm³/mol. The molecule has 0 atom stereocenters. The zero-order valence-electron chi connectivity index (χ0n) is 9.98. The second kappa shape index (κ2) is 4.57. The molecule has 0 aliphatic carbocycles. The summed E-state index contributed by atoms with van der Waals surface area (Å²) in [7, 11) is 1.59. The lowest BCUT2D eigenvalue weighted by molar-refractivity contribution is 0.152. The molecular weight excluding hydrogens is 236 g/mol. The first-order valence-corrected chi connectivity index (χ1v) is 5.35. The molecule has 0 saturated carbocycles. The third-order valence-electron chi connectivity index (χ3n) is 2.72. The summed E-state index contributed by atoms with van der Waals surface area (Å²) in [6.07, 6.45) is -1.29. The summed E-state index contributed by atoms with van der Waals surface area (Å²) < 4.78 is 27.1. The van der Waals surface area contributed by atoms with Gasteiger partial charge in [-0.1, -0.05) is 12.1 Å². The number of hydrogen-bond donors (Lipinski definition) is 0. The summed E-state index contributed by atoms with van der Waals surface area (Å²) in [5.74, 6) is 0. The second-order valence-electron chi connectivity index (χ2n) is 4.05. The lowest BCUT2D eigenvalue weighted by Gasteiger charge is -2.03. The predicted octanol–water partition coefficient (Wildman–Crippen LogP) is 3.20. The Balaban J connectivity index is 2.59. The molecule has 5 heteroatoms. The van der Waals surface area contributed by atoms with E-state index in [1.165, 1.54) is 10.9 Å². The van der Waals surface area contributed by atoms with E-state index in [0.29, 0.717) is 11.1 Å². The number of nitriles is 1. The highest BCUT2D eigenvalue weighted by atomic mass is 19.3. The van der Waals surface area contributed by atoms with Gasteiger partial charge in [0.25, 0.3) is 6.43 Å². The fourth-order valence-electron chi connectivity index (χ4n) is 1.78. The number of aromatic nitrogens is 2. The fourth-order valence-corrected chi connectivity index (χ4v) is 1.78. The molecule has 0 aliphatic rings. The van der Waals surface area contributed by atoms with Crippen LogP contribution < -0.4 is 0 Å². The summed E-state index contributed by atoms with van der Waals surface area (Å²) in [5, 5.41) is 13.0. The molecule has 2 rings (SSSR count). The molecule has 0 amide bonds. The number of rotatable bonds is 2. The first-order valence-electron chi connectivity index (χ1n) is 5.35. The van der Waals surface area contributed by atoms with Crippen LogP contribution in [0.15, 0.2) is 24.4 Å². The van der Waals surface area contributed by atoms with E-state index in [-0.39, 0.29) is 11.3 Å². The van der Waals surface area contributed by atoms with E-state index >= 15 is 0 Å². The molecule has 92 valence electrons. The van der Waals surface area contributed by atoms with Gasteiger partial charge in [-0.15, -0.1) is 0 Å². The fraction of sp³-hybridized carbons (Fsp3) is 0.231. The molecular formula is C13H11F2N3. The molecule has 0 radical (unpaired) electrons. The van der Waals surface area contributed by atoms with E-state index in [2.05, 4.69) is 5.10 Å². The molecule has 1 heterocycles. The normalized spacial score (nSPS) is 10.7. The molecule has 0 spiro atoms. The molecule has 2 aromatic rings. The molecule has 0 saturated heterocycles. The summed E-state index contributed by atoms with van der Waals surface area (Å²) in [5.41, 5.74) is 1.93. The first kappa shape index (κ1) is 12.2. The van der Waals surface area contributed by atoms with Gasteiger partial charge in [-0.2, -0.15) is 10.4 Å². The Hall–Kier alpha value is -2.22. The maximum Gasteiger partial charge on any atom is 0.267 e. The highest BCUT2D eigenvalue weighted by Gasteiger charge is 2.18. The van der Waals surface area contributed by atoms with E-state index in [0.717, 1.165) is 5.56 Å². The Kier molecular flexibility index (Phi) is 3.11. The van der Waals surface area contributed by atoms with Crippen LogP contribution in [0.5, 0.6) is 0 Å². The van der Waals surface area contributed by atoms with Gasteiger partial charge in [-0.05, 0) is 18.6 Å². The topological polar surface area (TPSA) is 41.6 Å². The maximum absolute atomic E-state index is 12.9. The van der Waals surface area contributed by atoms with Crippen molar-refractivity contribution in [3.63, 3.8) is 0 Å². The van der Waals surface area contributed by atoms with Crippen LogP contribution in [-0.2, 0) is 7.05 Å². The number of alkyl halides is 2. The van der Waals surface area contributed by atoms with Gasteiger partial charge in [0, 0.05) is 18.8 Å². The second-order valence-corrected chi connectivity index (χ2v) is 4.05. The molecule has 3 nitrogen and oxygen atoms in total. The van der Waals surface area contributed by atoms with Gasteiger partial charge in [-0.3, -0.25) is 4.68 Å². The quantitative estimate of drug-likeness (QED) is 0.817. The molecule has 0 N–H and O–H groups in total. The van der Waals surface area contributed by atoms with Crippen LogP contribution in [0.2, 0.25) is 0 Å². The van der Waals surface area contributed by atoms with Crippen LogP contribution in [0.3, 0.4) is 0 Å². The van der Waals surface area contributed by atoms with Crippen molar-refractivity contribution in [1.29, 1.82) is 5.26 Å². The molecule has 0 bridgehead atoms. The molecule has 1 aromatic carbocycles. The van der Waals surface area contributed by atoms with E-state index in [1.807, 2.05) is 6.07 Å². The average Bonchev–Trinajstić information content (AvgIpc) is 2.72. The molecule has 0 fully saturated rings. The summed E-state index contributed by atoms with van der Waals surface area (Å²) in [4.78, 5) is 0. The van der Waals surface area contributed by atoms with Crippen LogP contribution in [0, 0.1) is 18.3 Å². The van der Waals surface area contributed by atoms with Crippen LogP contribution in [-0.4, -0.2) is 9.78 Å². The van der Waals surface area contributed by atoms with Crippen LogP contribution in [0.1, 0.15) is 23.1 Å². The number of benzene rings is 1. The van der Waals surface area contributed by atoms with Crippen LogP contribution in [0.25, 0.3) is 11.3 Å². The van der Waals surface area contributed by atoms with Gasteiger partial charge in [0.05, 0.1) is 17.2 Å². The van der Waals surface area contributed by atoms with E-state index in [1.54, 1.807) is 32.2 Å². The number of nitrogens with zero attached hydrogens (tertiary/aromatic N) is 3. The number of halogens is 2. The van der Waals surface area contributed by atoms with Crippen molar-refractivity contribution in [1.82, 2.24) is 9.78 Å². The minimum absolute atomic E-state index is 0.120. The standard InChI is InChI=1S/C13H11F2N3/c1-8-3-4-9(5-10(8)6-16)12-11(13(14)15)7-18(2)17-12/h3-5,7,13H,1-2H3.